The number of nitrogens with zero attached hydrogens (tertiary/aromatic N) is 3. The lowest BCUT2D eigenvalue weighted by Crippen LogP contribution is -2.37. The summed E-state index contributed by atoms with van der Waals surface area (Å²) in [5.41, 5.74) is 1.64. The second-order valence-corrected chi connectivity index (χ2v) is 7.72. The number of para-hydroxylation sites is 2. The van der Waals surface area contributed by atoms with E-state index in [1.807, 2.05) is 36.4 Å². The molecule has 8 heteroatoms. The molecular weight excluding hydrogens is 410 g/mol. The molecule has 0 bridgehead atoms. The van der Waals surface area contributed by atoms with Crippen LogP contribution in [-0.4, -0.2) is 27.7 Å². The minimum absolute atomic E-state index is 0.121. The zero-order chi connectivity index (χ0) is 22.2. The molecule has 0 saturated carbocycles. The Kier molecular flexibility index (Phi) is 4.91. The first kappa shape index (κ1) is 19.9. The van der Waals surface area contributed by atoms with Crippen molar-refractivity contribution < 1.29 is 19.3 Å². The predicted molar refractivity (Wildman–Crippen MR) is 115 cm³/mol. The first-order chi connectivity index (χ1) is 15.6. The molecule has 2 aliphatic heterocycles. The number of hydroxylamine groups is 1. The molecule has 2 saturated heterocycles. The van der Waals surface area contributed by atoms with Gasteiger partial charge in [0.25, 0.3) is 11.6 Å². The number of nitro benzene ring substituents is 1. The van der Waals surface area contributed by atoms with E-state index in [-0.39, 0.29) is 12.2 Å². The third-order valence-electron chi connectivity index (χ3n) is 5.85. The fourth-order valence-corrected chi connectivity index (χ4v) is 4.41. The van der Waals surface area contributed by atoms with Crippen molar-refractivity contribution in [2.45, 2.75) is 18.7 Å². The van der Waals surface area contributed by atoms with Crippen LogP contribution in [0.2, 0.25) is 0 Å². The maximum absolute atomic E-state index is 13.5. The van der Waals surface area contributed by atoms with Gasteiger partial charge in [-0.3, -0.25) is 29.4 Å². The van der Waals surface area contributed by atoms with E-state index in [4.69, 9.17) is 4.84 Å². The molecule has 0 aromatic heterocycles. The van der Waals surface area contributed by atoms with E-state index in [9.17, 15) is 19.7 Å². The van der Waals surface area contributed by atoms with Crippen molar-refractivity contribution in [3.05, 3.63) is 106 Å². The molecule has 3 atom stereocenters. The smallest absolute Gasteiger partial charge is 0.274 e. The Hall–Kier alpha value is -4.04. The molecule has 2 aliphatic rings. The number of rotatable bonds is 5. The molecule has 0 aliphatic carbocycles. The second kappa shape index (κ2) is 7.90. The Labute approximate surface area is 183 Å². The summed E-state index contributed by atoms with van der Waals surface area (Å²) in [5.74, 6) is -1.73. The van der Waals surface area contributed by atoms with Crippen LogP contribution in [0.1, 0.15) is 17.2 Å². The van der Waals surface area contributed by atoms with Crippen LogP contribution >= 0.6 is 0 Å². The predicted octanol–water partition coefficient (Wildman–Crippen LogP) is 3.64. The molecule has 32 heavy (non-hydrogen) atoms. The number of amides is 2. The Balaban J connectivity index is 1.58. The van der Waals surface area contributed by atoms with E-state index in [1.54, 1.807) is 42.5 Å². The normalized spacial score (nSPS) is 22.3. The SMILES string of the molecule is O=C1[C@@H]2[C@@H](ON(c3ccccc3)[C@H]2c2ccccc2[N+](=O)[O-])C(=O)N1Cc1ccccc1. The van der Waals surface area contributed by atoms with Gasteiger partial charge in [0.05, 0.1) is 22.7 Å². The van der Waals surface area contributed by atoms with E-state index < -0.39 is 34.8 Å². The summed E-state index contributed by atoms with van der Waals surface area (Å²) in [6, 6.07) is 23.6. The van der Waals surface area contributed by atoms with Gasteiger partial charge in [-0.2, -0.15) is 0 Å². The number of carbonyl (C=O) groups is 2. The Bertz CT molecular complexity index is 1180. The first-order valence-corrected chi connectivity index (χ1v) is 10.2. The quantitative estimate of drug-likeness (QED) is 0.349. The molecule has 2 fully saturated rings. The molecule has 2 heterocycles. The van der Waals surface area contributed by atoms with Crippen molar-refractivity contribution in [1.29, 1.82) is 0 Å². The van der Waals surface area contributed by atoms with Gasteiger partial charge in [0.1, 0.15) is 12.0 Å². The van der Waals surface area contributed by atoms with Gasteiger partial charge >= 0.3 is 0 Å². The Morgan fingerprint density at radius 3 is 2.16 bits per heavy atom. The van der Waals surface area contributed by atoms with Crippen LogP contribution in [0.3, 0.4) is 0 Å². The van der Waals surface area contributed by atoms with Crippen LogP contribution in [0.5, 0.6) is 0 Å². The number of imide groups is 1. The largest absolute Gasteiger partial charge is 0.275 e. The van der Waals surface area contributed by atoms with Crippen LogP contribution in [0.4, 0.5) is 11.4 Å². The minimum Gasteiger partial charge on any atom is -0.275 e. The molecule has 0 radical (unpaired) electrons. The van der Waals surface area contributed by atoms with Crippen LogP contribution in [0.25, 0.3) is 0 Å². The third kappa shape index (κ3) is 3.21. The Morgan fingerprint density at radius 1 is 0.844 bits per heavy atom. The standard InChI is InChI=1S/C24H19N3O5/c28-23-20-21(18-13-7-8-14-19(18)27(30)31)26(17-11-5-2-6-12-17)32-22(20)24(29)25(23)15-16-9-3-1-4-10-16/h1-14,20-22H,15H2/t20-,21-,22+/m0/s1. The van der Waals surface area contributed by atoms with Gasteiger partial charge in [-0.1, -0.05) is 60.7 Å². The van der Waals surface area contributed by atoms with Gasteiger partial charge in [0.15, 0.2) is 6.10 Å². The average molecular weight is 429 g/mol. The van der Waals surface area contributed by atoms with Gasteiger partial charge in [-0.05, 0) is 23.8 Å². The molecule has 160 valence electrons. The molecule has 5 rings (SSSR count). The zero-order valence-corrected chi connectivity index (χ0v) is 16.9. The van der Waals surface area contributed by atoms with Crippen molar-refractivity contribution in [3.8, 4) is 0 Å². The van der Waals surface area contributed by atoms with Crippen molar-refractivity contribution in [2.75, 3.05) is 5.06 Å². The average Bonchev–Trinajstić information content (AvgIpc) is 3.32. The van der Waals surface area contributed by atoms with Crippen molar-refractivity contribution >= 4 is 23.2 Å². The van der Waals surface area contributed by atoms with Crippen LogP contribution in [0, 0.1) is 16.0 Å². The first-order valence-electron chi connectivity index (χ1n) is 10.2. The Morgan fingerprint density at radius 2 is 1.47 bits per heavy atom. The topological polar surface area (TPSA) is 93.0 Å². The van der Waals surface area contributed by atoms with Crippen molar-refractivity contribution in [3.63, 3.8) is 0 Å². The fraction of sp³-hybridized carbons (Fsp3) is 0.167. The van der Waals surface area contributed by atoms with Gasteiger partial charge in [0, 0.05) is 6.07 Å². The van der Waals surface area contributed by atoms with Gasteiger partial charge in [-0.25, -0.2) is 5.06 Å². The van der Waals surface area contributed by atoms with Gasteiger partial charge in [0.2, 0.25) is 5.91 Å². The molecule has 2 amide bonds. The lowest BCUT2D eigenvalue weighted by Gasteiger charge is -2.28. The highest BCUT2D eigenvalue weighted by Crippen LogP contribution is 2.48. The number of carbonyl (C=O) groups excluding carboxylic acids is 2. The number of hydrogen-bond acceptors (Lipinski definition) is 6. The van der Waals surface area contributed by atoms with E-state index in [0.29, 0.717) is 11.3 Å². The maximum Gasteiger partial charge on any atom is 0.274 e. The zero-order valence-electron chi connectivity index (χ0n) is 16.9. The summed E-state index contributed by atoms with van der Waals surface area (Å²) in [6.45, 7) is 0.129. The number of anilines is 1. The highest BCUT2D eigenvalue weighted by Gasteiger charge is 2.60. The van der Waals surface area contributed by atoms with E-state index in [2.05, 4.69) is 0 Å². The van der Waals surface area contributed by atoms with Crippen molar-refractivity contribution in [1.82, 2.24) is 4.90 Å². The molecule has 0 unspecified atom stereocenters. The molecule has 0 spiro atoms. The van der Waals surface area contributed by atoms with Crippen molar-refractivity contribution in [2.24, 2.45) is 5.92 Å². The lowest BCUT2D eigenvalue weighted by molar-refractivity contribution is -0.385. The monoisotopic (exact) mass is 429 g/mol. The van der Waals surface area contributed by atoms with Crippen LogP contribution < -0.4 is 5.06 Å². The number of likely N-dealkylation sites (tertiary alicyclic amines) is 1. The molecular formula is C24H19N3O5. The summed E-state index contributed by atoms with van der Waals surface area (Å²) >= 11 is 0. The van der Waals surface area contributed by atoms with Crippen LogP contribution in [0.15, 0.2) is 84.9 Å². The summed E-state index contributed by atoms with van der Waals surface area (Å²) in [6.07, 6.45) is -1.05. The number of hydrogen-bond donors (Lipinski definition) is 0. The number of fused-ring (bicyclic) bond motifs is 1. The highest BCUT2D eigenvalue weighted by molar-refractivity contribution is 6.07. The van der Waals surface area contributed by atoms with Gasteiger partial charge in [-0.15, -0.1) is 0 Å². The molecule has 3 aromatic carbocycles. The molecule has 0 N–H and O–H groups in total. The van der Waals surface area contributed by atoms with E-state index in [0.717, 1.165) is 5.56 Å². The summed E-state index contributed by atoms with van der Waals surface area (Å²) in [4.78, 5) is 45.1. The number of benzene rings is 3. The van der Waals surface area contributed by atoms with Crippen LogP contribution in [-0.2, 0) is 21.0 Å². The lowest BCUT2D eigenvalue weighted by atomic mass is 9.89. The van der Waals surface area contributed by atoms with Gasteiger partial charge < -0.3 is 0 Å². The second-order valence-electron chi connectivity index (χ2n) is 7.72. The summed E-state index contributed by atoms with van der Waals surface area (Å²) < 4.78 is 0. The third-order valence-corrected chi connectivity index (χ3v) is 5.85. The maximum atomic E-state index is 13.5. The van der Waals surface area contributed by atoms with E-state index in [1.165, 1.54) is 16.0 Å². The minimum atomic E-state index is -1.05. The summed E-state index contributed by atoms with van der Waals surface area (Å²) in [5, 5.41) is 13.2. The molecule has 8 nitrogen and oxygen atoms in total. The van der Waals surface area contributed by atoms with E-state index >= 15 is 0 Å². The summed E-state index contributed by atoms with van der Waals surface area (Å²) in [7, 11) is 0. The molecule has 3 aromatic rings. The fourth-order valence-electron chi connectivity index (χ4n) is 4.41. The number of nitro groups is 1. The highest BCUT2D eigenvalue weighted by atomic mass is 16.7.